The average Bonchev–Trinajstić information content (AvgIpc) is 2.81. The smallest absolute Gasteiger partial charge is 0.345 e. The van der Waals surface area contributed by atoms with Gasteiger partial charge in [0.25, 0.3) is 0 Å². The Morgan fingerprint density at radius 3 is 1.62 bits per heavy atom. The predicted octanol–water partition coefficient (Wildman–Crippen LogP) is 6.61. The van der Waals surface area contributed by atoms with E-state index < -0.39 is 26.5 Å². The van der Waals surface area contributed by atoms with Crippen molar-refractivity contribution >= 4 is 21.0 Å². The minimum atomic E-state index is -4.03. The highest BCUT2D eigenvalue weighted by Crippen LogP contribution is 2.72. The van der Waals surface area contributed by atoms with Crippen molar-refractivity contribution in [1.29, 1.82) is 0 Å². The summed E-state index contributed by atoms with van der Waals surface area (Å²) >= 11 is 0. The van der Waals surface area contributed by atoms with E-state index in [9.17, 15) is 19.0 Å². The number of carbonyl (C=O) groups excluding carboxylic acids is 1. The van der Waals surface area contributed by atoms with Crippen LogP contribution < -0.4 is 0 Å². The maximum atomic E-state index is 14.0. The van der Waals surface area contributed by atoms with Crippen LogP contribution >= 0.6 is 15.2 Å². The Morgan fingerprint density at radius 2 is 1.21 bits per heavy atom. The molecule has 2 aromatic rings. The van der Waals surface area contributed by atoms with Gasteiger partial charge in [-0.05, 0) is 63.9 Å². The van der Waals surface area contributed by atoms with Gasteiger partial charge in [0.2, 0.25) is 0 Å². The number of phenols is 1. The van der Waals surface area contributed by atoms with Crippen molar-refractivity contribution in [2.45, 2.75) is 45.4 Å². The van der Waals surface area contributed by atoms with Crippen LogP contribution in [0.2, 0.25) is 0 Å². The van der Waals surface area contributed by atoms with Gasteiger partial charge in [-0.15, -0.1) is 0 Å². The fraction of sp³-hybridized carbons (Fsp3) is 0.458. The molecule has 34 heavy (non-hydrogen) atoms. The first-order chi connectivity index (χ1) is 16.2. The molecular formula is C24H34O8P2. The highest BCUT2D eigenvalue weighted by molar-refractivity contribution is 7.72. The number of aromatic hydroxyl groups is 1. The Labute approximate surface area is 201 Å². The van der Waals surface area contributed by atoms with Crippen molar-refractivity contribution in [1.82, 2.24) is 0 Å². The number of Topliss-reactive ketones (excluding diaryl/α,β-unsaturated/α-hetero) is 1. The Hall–Kier alpha value is -1.79. The Balaban J connectivity index is 2.65. The molecule has 0 fully saturated rings. The summed E-state index contributed by atoms with van der Waals surface area (Å²) in [5.41, 5.74) is 0.986. The lowest BCUT2D eigenvalue weighted by molar-refractivity contribution is 0.0954. The fourth-order valence-corrected chi connectivity index (χ4v) is 9.09. The summed E-state index contributed by atoms with van der Waals surface area (Å²) in [5.74, 6) is -1.12. The summed E-state index contributed by atoms with van der Waals surface area (Å²) in [6.45, 7) is 6.83. The molecule has 0 radical (unpaired) electrons. The normalized spacial score (nSPS) is 13.2. The second-order valence-corrected chi connectivity index (χ2v) is 12.2. The van der Waals surface area contributed by atoms with Crippen LogP contribution in [0.15, 0.2) is 54.6 Å². The van der Waals surface area contributed by atoms with Crippen molar-refractivity contribution in [2.75, 3.05) is 26.4 Å². The number of rotatable bonds is 15. The third kappa shape index (κ3) is 7.11. The minimum absolute atomic E-state index is 0.0278. The number of carbonyl (C=O) groups is 1. The van der Waals surface area contributed by atoms with E-state index in [4.69, 9.17) is 18.1 Å². The van der Waals surface area contributed by atoms with Crippen molar-refractivity contribution in [3.05, 3.63) is 65.7 Å². The van der Waals surface area contributed by atoms with Crippen molar-refractivity contribution < 1.29 is 37.1 Å². The summed E-state index contributed by atoms with van der Waals surface area (Å²) in [5, 5.41) is 8.31. The zero-order valence-corrected chi connectivity index (χ0v) is 21.9. The van der Waals surface area contributed by atoms with Gasteiger partial charge in [-0.3, -0.25) is 13.9 Å². The van der Waals surface area contributed by atoms with Crippen LogP contribution in [0.25, 0.3) is 0 Å². The van der Waals surface area contributed by atoms with Crippen LogP contribution in [0.4, 0.5) is 0 Å². The third-order valence-corrected chi connectivity index (χ3v) is 11.1. The Morgan fingerprint density at radius 1 is 0.765 bits per heavy atom. The van der Waals surface area contributed by atoms with Crippen LogP contribution in [0, 0.1) is 0 Å². The molecule has 8 nitrogen and oxygen atoms in total. The summed E-state index contributed by atoms with van der Waals surface area (Å²) in [6, 6.07) is 14.8. The molecule has 0 aliphatic carbocycles. The number of hydrogen-bond donors (Lipinski definition) is 1. The van der Waals surface area contributed by atoms with Gasteiger partial charge in [0.05, 0.1) is 26.4 Å². The van der Waals surface area contributed by atoms with E-state index in [1.165, 1.54) is 24.3 Å². The Kier molecular flexibility index (Phi) is 11.2. The molecule has 0 bridgehead atoms. The van der Waals surface area contributed by atoms with Gasteiger partial charge in [-0.1, -0.05) is 30.3 Å². The molecule has 10 heteroatoms. The SMILES string of the molecule is CCOP(=O)(OCC)C(CC(C(=O)c1ccc(O)cc1)c1ccccc1)P(=O)(OCC)OCC. The van der Waals surface area contributed by atoms with Gasteiger partial charge in [-0.2, -0.15) is 0 Å². The highest BCUT2D eigenvalue weighted by atomic mass is 31.2. The molecule has 1 N–H and O–H groups in total. The number of benzene rings is 2. The molecule has 1 atom stereocenters. The molecule has 0 saturated carbocycles. The van der Waals surface area contributed by atoms with Gasteiger partial charge in [0.15, 0.2) is 11.2 Å². The zero-order chi connectivity index (χ0) is 25.2. The van der Waals surface area contributed by atoms with Gasteiger partial charge in [0.1, 0.15) is 5.75 Å². The molecule has 0 spiro atoms. The maximum absolute atomic E-state index is 14.0. The monoisotopic (exact) mass is 512 g/mol. The fourth-order valence-electron chi connectivity index (χ4n) is 3.69. The van der Waals surface area contributed by atoms with Crippen LogP contribution in [0.3, 0.4) is 0 Å². The lowest BCUT2D eigenvalue weighted by Crippen LogP contribution is -2.24. The first-order valence-electron chi connectivity index (χ1n) is 11.4. The van der Waals surface area contributed by atoms with E-state index in [2.05, 4.69) is 0 Å². The van der Waals surface area contributed by atoms with E-state index in [1.807, 2.05) is 6.07 Å². The Bertz CT molecular complexity index is 944. The molecule has 2 rings (SSSR count). The molecule has 0 aliphatic rings. The third-order valence-electron chi connectivity index (χ3n) is 5.08. The number of ketones is 1. The van der Waals surface area contributed by atoms with E-state index in [-0.39, 0.29) is 44.4 Å². The van der Waals surface area contributed by atoms with E-state index in [1.54, 1.807) is 52.0 Å². The first kappa shape index (κ1) is 28.4. The van der Waals surface area contributed by atoms with Gasteiger partial charge < -0.3 is 23.2 Å². The first-order valence-corrected chi connectivity index (χ1v) is 14.6. The van der Waals surface area contributed by atoms with Crippen LogP contribution in [-0.4, -0.2) is 42.7 Å². The molecule has 1 unspecified atom stereocenters. The maximum Gasteiger partial charge on any atom is 0.345 e. The number of hydrogen-bond acceptors (Lipinski definition) is 8. The standard InChI is InChI=1S/C24H34O8P2/c1-5-29-33(27,30-6-2)23(34(28,31-7-3)32-8-4)18-22(19-12-10-9-11-13-19)24(26)20-14-16-21(25)17-15-20/h9-17,22-23,25H,5-8,18H2,1-4H3. The molecule has 0 amide bonds. The lowest BCUT2D eigenvalue weighted by atomic mass is 9.88. The molecule has 0 aromatic heterocycles. The molecule has 0 heterocycles. The van der Waals surface area contributed by atoms with Crippen molar-refractivity contribution in [2.24, 2.45) is 0 Å². The largest absolute Gasteiger partial charge is 0.508 e. The topological polar surface area (TPSA) is 108 Å². The molecule has 0 saturated heterocycles. The summed E-state index contributed by atoms with van der Waals surface area (Å²) < 4.78 is 50.2. The lowest BCUT2D eigenvalue weighted by Gasteiger charge is -2.33. The molecule has 2 aromatic carbocycles. The summed E-state index contributed by atoms with van der Waals surface area (Å²) in [4.78, 5) is 13.7. The summed E-state index contributed by atoms with van der Waals surface area (Å²) in [6.07, 6.45) is -0.154. The van der Waals surface area contributed by atoms with Gasteiger partial charge in [-0.25, -0.2) is 0 Å². The average molecular weight is 512 g/mol. The van der Waals surface area contributed by atoms with Gasteiger partial charge >= 0.3 is 15.2 Å². The molecule has 0 aliphatic heterocycles. The summed E-state index contributed by atoms with van der Waals surface area (Å²) in [7, 11) is -8.06. The highest BCUT2D eigenvalue weighted by Gasteiger charge is 2.52. The second kappa shape index (κ2) is 13.3. The second-order valence-electron chi connectivity index (χ2n) is 7.34. The van der Waals surface area contributed by atoms with Crippen molar-refractivity contribution in [3.8, 4) is 5.75 Å². The molecule has 188 valence electrons. The minimum Gasteiger partial charge on any atom is -0.508 e. The zero-order valence-electron chi connectivity index (χ0n) is 20.1. The molecular weight excluding hydrogens is 478 g/mol. The van der Waals surface area contributed by atoms with Crippen molar-refractivity contribution in [3.63, 3.8) is 0 Å². The predicted molar refractivity (Wildman–Crippen MR) is 132 cm³/mol. The van der Waals surface area contributed by atoms with Crippen LogP contribution in [-0.2, 0) is 27.2 Å². The van der Waals surface area contributed by atoms with E-state index in [0.717, 1.165) is 0 Å². The van der Waals surface area contributed by atoms with Crippen LogP contribution in [0.5, 0.6) is 5.75 Å². The van der Waals surface area contributed by atoms with E-state index >= 15 is 0 Å². The quantitative estimate of drug-likeness (QED) is 0.210. The van der Waals surface area contributed by atoms with Gasteiger partial charge in [0, 0.05) is 11.5 Å². The van der Waals surface area contributed by atoms with E-state index in [0.29, 0.717) is 11.1 Å². The number of phenolic OH excluding ortho intramolecular Hbond substituents is 1. The van der Waals surface area contributed by atoms with Crippen LogP contribution in [0.1, 0.15) is 56.0 Å².